The van der Waals surface area contributed by atoms with Gasteiger partial charge in [0.15, 0.2) is 11.6 Å². The second-order valence-corrected chi connectivity index (χ2v) is 10.2. The molecule has 1 atom stereocenters. The Morgan fingerprint density at radius 2 is 1.88 bits per heavy atom. The van der Waals surface area contributed by atoms with Crippen LogP contribution in [0.3, 0.4) is 0 Å². The molecular weight excluding hydrogens is 561 g/mol. The summed E-state index contributed by atoms with van der Waals surface area (Å²) in [7, 11) is -4.31. The van der Waals surface area contributed by atoms with E-state index in [9.17, 15) is 26.7 Å². The molecule has 0 aliphatic heterocycles. The van der Waals surface area contributed by atoms with Crippen LogP contribution < -0.4 is 14.8 Å². The monoisotopic (exact) mass is 580 g/mol. The number of anilines is 3. The Bertz CT molecular complexity index is 1250. The first kappa shape index (κ1) is 26.4. The summed E-state index contributed by atoms with van der Waals surface area (Å²) < 4.78 is 78.0. The van der Waals surface area contributed by atoms with Crippen LogP contribution in [0.4, 0.5) is 30.2 Å². The quantitative estimate of drug-likeness (QED) is 0.217. The summed E-state index contributed by atoms with van der Waals surface area (Å²) in [5.74, 6) is -3.51. The summed E-state index contributed by atoms with van der Waals surface area (Å²) in [6, 6.07) is 6.13. The largest absolute Gasteiger partial charge is 0.394 e. The predicted octanol–water partition coefficient (Wildman–Crippen LogP) is 4.11. The van der Waals surface area contributed by atoms with Gasteiger partial charge in [-0.15, -0.1) is 0 Å². The molecule has 0 amide bonds. The van der Waals surface area contributed by atoms with Crippen molar-refractivity contribution in [1.29, 1.82) is 0 Å². The number of nitrogens with one attached hydrogen (secondary N) is 3. The van der Waals surface area contributed by atoms with Crippen molar-refractivity contribution in [3.63, 3.8) is 0 Å². The van der Waals surface area contributed by atoms with Crippen LogP contribution in [0.15, 0.2) is 40.2 Å². The Morgan fingerprint density at radius 3 is 2.53 bits per heavy atom. The van der Waals surface area contributed by atoms with E-state index in [1.54, 1.807) is 5.38 Å². The van der Waals surface area contributed by atoms with Gasteiger partial charge >= 0.3 is 0 Å². The Morgan fingerprint density at radius 1 is 1.12 bits per heavy atom. The molecule has 184 valence electrons. The van der Waals surface area contributed by atoms with Gasteiger partial charge in [0.25, 0.3) is 10.2 Å². The summed E-state index contributed by atoms with van der Waals surface area (Å²) in [4.78, 5) is 0. The van der Waals surface area contributed by atoms with Crippen LogP contribution in [0, 0.1) is 17.5 Å². The summed E-state index contributed by atoms with van der Waals surface area (Å²) >= 11 is 4.12. The normalized spacial score (nSPS) is 12.5. The van der Waals surface area contributed by atoms with Gasteiger partial charge in [0.2, 0.25) is 0 Å². The Balaban J connectivity index is 2.00. The zero-order chi connectivity index (χ0) is 24.9. The molecule has 3 rings (SSSR count). The fourth-order valence-corrected chi connectivity index (χ4v) is 4.76. The molecule has 1 heterocycles. The maximum atomic E-state index is 14.9. The number of aliphatic hydroxyl groups is 2. The van der Waals surface area contributed by atoms with Crippen LogP contribution in [0.25, 0.3) is 11.3 Å². The lowest BCUT2D eigenvalue weighted by Crippen LogP contribution is -2.32. The summed E-state index contributed by atoms with van der Waals surface area (Å²) in [5, 5.41) is 22.2. The van der Waals surface area contributed by atoms with Gasteiger partial charge in [-0.3, -0.25) is 4.72 Å². The molecule has 0 aliphatic carbocycles. The molecule has 0 aliphatic rings. The minimum Gasteiger partial charge on any atom is -0.394 e. The van der Waals surface area contributed by atoms with Crippen LogP contribution in [-0.2, 0) is 10.2 Å². The van der Waals surface area contributed by atoms with Gasteiger partial charge in [-0.2, -0.15) is 17.5 Å². The lowest BCUT2D eigenvalue weighted by molar-refractivity contribution is 0.0869. The van der Waals surface area contributed by atoms with E-state index in [0.29, 0.717) is 4.47 Å². The second-order valence-electron chi connectivity index (χ2n) is 7.08. The molecule has 0 saturated heterocycles. The number of nitrogens with zero attached hydrogens (tertiary/aromatic N) is 1. The van der Waals surface area contributed by atoms with Crippen LogP contribution in [0.1, 0.15) is 12.8 Å². The molecule has 0 fully saturated rings. The first-order valence-corrected chi connectivity index (χ1v) is 12.9. The van der Waals surface area contributed by atoms with E-state index in [4.69, 9.17) is 5.11 Å². The van der Waals surface area contributed by atoms with E-state index in [2.05, 4.69) is 35.1 Å². The SMILES string of the molecule is O=S(=O)(NCCCC(O)CO)Nc1c(-c2ccsn2)cc(F)c(F)c1Nc1ccc(Br)cc1F. The molecule has 0 spiro atoms. The highest BCUT2D eigenvalue weighted by molar-refractivity contribution is 9.10. The minimum atomic E-state index is -4.31. The van der Waals surface area contributed by atoms with Crippen molar-refractivity contribution < 1.29 is 31.8 Å². The van der Waals surface area contributed by atoms with Crippen molar-refractivity contribution in [1.82, 2.24) is 9.10 Å². The summed E-state index contributed by atoms with van der Waals surface area (Å²) in [6.45, 7) is -0.565. The van der Waals surface area contributed by atoms with Gasteiger partial charge in [-0.05, 0) is 54.7 Å². The number of aromatic nitrogens is 1. The predicted molar refractivity (Wildman–Crippen MR) is 128 cm³/mol. The number of hydrogen-bond acceptors (Lipinski definition) is 7. The molecule has 5 N–H and O–H groups in total. The molecule has 2 aromatic carbocycles. The number of aliphatic hydroxyl groups excluding tert-OH is 2. The molecule has 0 bridgehead atoms. The molecule has 14 heteroatoms. The van der Waals surface area contributed by atoms with E-state index in [0.717, 1.165) is 23.7 Å². The van der Waals surface area contributed by atoms with Crippen LogP contribution in [-0.4, -0.2) is 42.3 Å². The fourth-order valence-electron chi connectivity index (χ4n) is 2.93. The van der Waals surface area contributed by atoms with Crippen LogP contribution in [0.2, 0.25) is 0 Å². The van der Waals surface area contributed by atoms with Crippen molar-refractivity contribution >= 4 is 54.7 Å². The standard InChI is InChI=1S/C20H20BrF3N4O4S2/c21-11-3-4-17(14(22)8-11)26-20-18(24)15(23)9-13(16-5-7-33-27-16)19(20)28-34(31,32)25-6-1-2-12(30)10-29/h3-5,7-9,12,25-26,28-30H,1-2,6,10H2. The molecule has 34 heavy (non-hydrogen) atoms. The van der Waals surface area contributed by atoms with Crippen molar-refractivity contribution in [2.75, 3.05) is 23.2 Å². The van der Waals surface area contributed by atoms with Gasteiger partial charge in [0.1, 0.15) is 11.5 Å². The number of halogens is 4. The zero-order valence-electron chi connectivity index (χ0n) is 17.4. The first-order valence-electron chi connectivity index (χ1n) is 9.82. The van der Waals surface area contributed by atoms with Crippen molar-refractivity contribution in [2.24, 2.45) is 0 Å². The van der Waals surface area contributed by atoms with Crippen molar-refractivity contribution in [3.8, 4) is 11.3 Å². The zero-order valence-corrected chi connectivity index (χ0v) is 20.6. The van der Waals surface area contributed by atoms with Gasteiger partial charge in [-0.25, -0.2) is 13.2 Å². The first-order chi connectivity index (χ1) is 16.1. The Hall–Kier alpha value is -2.23. The van der Waals surface area contributed by atoms with Crippen molar-refractivity contribution in [2.45, 2.75) is 18.9 Å². The fraction of sp³-hybridized carbons (Fsp3) is 0.250. The Labute approximate surface area is 206 Å². The highest BCUT2D eigenvalue weighted by Crippen LogP contribution is 2.40. The Kier molecular flexibility index (Phi) is 8.89. The maximum Gasteiger partial charge on any atom is 0.299 e. The summed E-state index contributed by atoms with van der Waals surface area (Å²) in [6.07, 6.45) is -0.644. The molecule has 0 saturated carbocycles. The third-order valence-electron chi connectivity index (χ3n) is 4.58. The van der Waals surface area contributed by atoms with Crippen LogP contribution in [0.5, 0.6) is 0 Å². The third-order valence-corrected chi connectivity index (χ3v) is 6.69. The molecule has 8 nitrogen and oxygen atoms in total. The average molecular weight is 581 g/mol. The van der Waals surface area contributed by atoms with Gasteiger partial charge in [-0.1, -0.05) is 15.9 Å². The molecule has 1 unspecified atom stereocenters. The average Bonchev–Trinajstić information content (AvgIpc) is 3.32. The van der Waals surface area contributed by atoms with Gasteiger partial charge in [0.05, 0.1) is 29.8 Å². The maximum absolute atomic E-state index is 14.9. The molecule has 1 aromatic heterocycles. The van der Waals surface area contributed by atoms with E-state index in [1.165, 1.54) is 18.2 Å². The lowest BCUT2D eigenvalue weighted by atomic mass is 10.1. The van der Waals surface area contributed by atoms with E-state index in [1.807, 2.05) is 0 Å². The van der Waals surface area contributed by atoms with E-state index in [-0.39, 0.29) is 42.0 Å². The van der Waals surface area contributed by atoms with Crippen molar-refractivity contribution in [3.05, 3.63) is 57.6 Å². The summed E-state index contributed by atoms with van der Waals surface area (Å²) in [5.41, 5.74) is -1.13. The topological polar surface area (TPSA) is 124 Å². The molecular formula is C20H20BrF3N4O4S2. The van der Waals surface area contributed by atoms with Crippen LogP contribution >= 0.6 is 27.5 Å². The lowest BCUT2D eigenvalue weighted by Gasteiger charge is -2.19. The number of rotatable bonds is 11. The second kappa shape index (κ2) is 11.5. The van der Waals surface area contributed by atoms with Gasteiger partial charge in [0, 0.05) is 22.0 Å². The smallest absolute Gasteiger partial charge is 0.299 e. The van der Waals surface area contributed by atoms with E-state index >= 15 is 0 Å². The highest BCUT2D eigenvalue weighted by atomic mass is 79.9. The molecule has 0 radical (unpaired) electrons. The van der Waals surface area contributed by atoms with E-state index < -0.39 is 46.1 Å². The van der Waals surface area contributed by atoms with Gasteiger partial charge < -0.3 is 15.5 Å². The number of hydrogen-bond donors (Lipinski definition) is 5. The number of benzene rings is 2. The third kappa shape index (κ3) is 6.67. The highest BCUT2D eigenvalue weighted by Gasteiger charge is 2.25. The molecule has 3 aromatic rings. The minimum absolute atomic E-state index is 0.0683.